The highest BCUT2D eigenvalue weighted by Crippen LogP contribution is 2.47. The molecule has 0 N–H and O–H groups in total. The van der Waals surface area contributed by atoms with Crippen LogP contribution in [0.25, 0.3) is 76.5 Å². The summed E-state index contributed by atoms with van der Waals surface area (Å²) in [5.74, 6) is 0. The second-order valence-corrected chi connectivity index (χ2v) is 13.7. The summed E-state index contributed by atoms with van der Waals surface area (Å²) in [4.78, 5) is 0. The zero-order valence-corrected chi connectivity index (χ0v) is 27.8. The SMILES string of the molecule is CC(C)(c1ccccc1)c1ccc(-c2cccc(-c3c4ccccc4c(-c4cc5ccccc5c5ccccc45)c4ccccc34)c2)cc1. The van der Waals surface area contributed by atoms with E-state index in [1.807, 2.05) is 0 Å². The van der Waals surface area contributed by atoms with Crippen molar-refractivity contribution < 1.29 is 0 Å². The van der Waals surface area contributed by atoms with Crippen molar-refractivity contribution in [3.05, 3.63) is 193 Å². The first kappa shape index (κ1) is 29.2. The van der Waals surface area contributed by atoms with Gasteiger partial charge in [-0.3, -0.25) is 0 Å². The molecule has 0 atom stereocenters. The fourth-order valence-corrected chi connectivity index (χ4v) is 7.95. The van der Waals surface area contributed by atoms with Gasteiger partial charge >= 0.3 is 0 Å². The summed E-state index contributed by atoms with van der Waals surface area (Å²) in [6, 6.07) is 67.0. The van der Waals surface area contributed by atoms with Gasteiger partial charge in [-0.05, 0) is 99.7 Å². The molecule has 0 aliphatic carbocycles. The van der Waals surface area contributed by atoms with Gasteiger partial charge < -0.3 is 0 Å². The third kappa shape index (κ3) is 4.83. The van der Waals surface area contributed by atoms with E-state index in [1.54, 1.807) is 0 Å². The van der Waals surface area contributed by atoms with E-state index in [1.165, 1.54) is 87.6 Å². The zero-order valence-electron chi connectivity index (χ0n) is 27.8. The van der Waals surface area contributed by atoms with Gasteiger partial charge in [-0.15, -0.1) is 0 Å². The molecule has 0 unspecified atom stereocenters. The van der Waals surface area contributed by atoms with Crippen LogP contribution in [0, 0.1) is 0 Å². The fraction of sp³-hybridized carbons (Fsp3) is 0.0612. The lowest BCUT2D eigenvalue weighted by atomic mass is 9.78. The minimum Gasteiger partial charge on any atom is -0.0622 e. The normalized spacial score (nSPS) is 11.9. The molecule has 0 heteroatoms. The largest absolute Gasteiger partial charge is 0.0622 e. The average molecular weight is 625 g/mol. The minimum absolute atomic E-state index is 0.0718. The van der Waals surface area contributed by atoms with Crippen LogP contribution in [0.3, 0.4) is 0 Å². The molecule has 0 amide bonds. The molecule has 0 bridgehead atoms. The van der Waals surface area contributed by atoms with Gasteiger partial charge in [-0.1, -0.05) is 184 Å². The Balaban J connectivity index is 1.23. The lowest BCUT2D eigenvalue weighted by Crippen LogP contribution is -2.18. The zero-order chi connectivity index (χ0) is 33.0. The molecular formula is C49H36. The molecule has 0 nitrogen and oxygen atoms in total. The quantitative estimate of drug-likeness (QED) is 0.132. The topological polar surface area (TPSA) is 0 Å². The van der Waals surface area contributed by atoms with Crippen molar-refractivity contribution in [2.75, 3.05) is 0 Å². The number of hydrogen-bond acceptors (Lipinski definition) is 0. The molecule has 0 aromatic heterocycles. The molecule has 232 valence electrons. The standard InChI is InChI=1S/C49H36/c1-49(2,37-18-4-3-5-19-37)38-29-27-33(28-30-38)34-16-14-17-36(31-34)47-42-23-10-12-25-44(42)48(45-26-13-11-24-43(45)47)46-32-35-15-6-7-20-39(35)40-21-8-9-22-41(40)46/h3-32H,1-2H3. The van der Waals surface area contributed by atoms with Gasteiger partial charge in [0, 0.05) is 5.41 Å². The number of benzene rings is 9. The first-order valence-electron chi connectivity index (χ1n) is 17.2. The summed E-state index contributed by atoms with van der Waals surface area (Å²) in [5.41, 5.74) is 10.1. The highest BCUT2D eigenvalue weighted by atomic mass is 14.3. The molecule has 0 spiro atoms. The van der Waals surface area contributed by atoms with E-state index < -0.39 is 0 Å². The Hall–Kier alpha value is -5.98. The Kier molecular flexibility index (Phi) is 6.92. The van der Waals surface area contributed by atoms with Crippen LogP contribution in [0.15, 0.2) is 182 Å². The highest BCUT2D eigenvalue weighted by molar-refractivity contribution is 6.25. The third-order valence-corrected chi connectivity index (χ3v) is 10.6. The summed E-state index contributed by atoms with van der Waals surface area (Å²) in [5, 5.41) is 10.2. The van der Waals surface area contributed by atoms with Crippen LogP contribution in [-0.4, -0.2) is 0 Å². The smallest absolute Gasteiger partial charge is 0.0146 e. The maximum Gasteiger partial charge on any atom is 0.0146 e. The second-order valence-electron chi connectivity index (χ2n) is 13.7. The van der Waals surface area contributed by atoms with E-state index >= 15 is 0 Å². The van der Waals surface area contributed by atoms with Crippen molar-refractivity contribution in [2.45, 2.75) is 19.3 Å². The molecule has 49 heavy (non-hydrogen) atoms. The summed E-state index contributed by atoms with van der Waals surface area (Å²) in [6.07, 6.45) is 0. The van der Waals surface area contributed by atoms with Crippen molar-refractivity contribution in [3.8, 4) is 33.4 Å². The van der Waals surface area contributed by atoms with Crippen molar-refractivity contribution in [1.82, 2.24) is 0 Å². The molecule has 0 aliphatic heterocycles. The molecule has 0 fully saturated rings. The van der Waals surface area contributed by atoms with E-state index in [2.05, 4.69) is 196 Å². The Bertz CT molecular complexity index is 2600. The molecule has 0 saturated heterocycles. The molecule has 9 rings (SSSR count). The minimum atomic E-state index is -0.0718. The fourth-order valence-electron chi connectivity index (χ4n) is 7.95. The Labute approximate surface area is 287 Å². The van der Waals surface area contributed by atoms with Crippen LogP contribution >= 0.6 is 0 Å². The van der Waals surface area contributed by atoms with Crippen LogP contribution in [0.5, 0.6) is 0 Å². The van der Waals surface area contributed by atoms with Gasteiger partial charge in [0.1, 0.15) is 0 Å². The van der Waals surface area contributed by atoms with Gasteiger partial charge in [0.2, 0.25) is 0 Å². The van der Waals surface area contributed by atoms with Crippen LogP contribution in [-0.2, 0) is 5.41 Å². The van der Waals surface area contributed by atoms with E-state index in [9.17, 15) is 0 Å². The van der Waals surface area contributed by atoms with Crippen LogP contribution in [0.2, 0.25) is 0 Å². The Morgan fingerprint density at radius 1 is 0.306 bits per heavy atom. The number of hydrogen-bond donors (Lipinski definition) is 0. The van der Waals surface area contributed by atoms with Crippen molar-refractivity contribution in [3.63, 3.8) is 0 Å². The molecule has 0 aliphatic rings. The van der Waals surface area contributed by atoms with Crippen molar-refractivity contribution in [2.24, 2.45) is 0 Å². The van der Waals surface area contributed by atoms with E-state index in [0.29, 0.717) is 0 Å². The molecule has 9 aromatic carbocycles. The predicted octanol–water partition coefficient (Wildman–Crippen LogP) is 13.6. The maximum absolute atomic E-state index is 2.40. The third-order valence-electron chi connectivity index (χ3n) is 10.6. The van der Waals surface area contributed by atoms with Crippen LogP contribution in [0.1, 0.15) is 25.0 Å². The molecular weight excluding hydrogens is 589 g/mol. The molecule has 0 heterocycles. The van der Waals surface area contributed by atoms with E-state index in [0.717, 1.165) is 0 Å². The number of fused-ring (bicyclic) bond motifs is 5. The number of rotatable bonds is 5. The first-order valence-corrected chi connectivity index (χ1v) is 17.2. The Morgan fingerprint density at radius 2 is 0.796 bits per heavy atom. The van der Waals surface area contributed by atoms with E-state index in [-0.39, 0.29) is 5.41 Å². The first-order chi connectivity index (χ1) is 24.1. The van der Waals surface area contributed by atoms with Gasteiger partial charge in [0.25, 0.3) is 0 Å². The lowest BCUT2D eigenvalue weighted by molar-refractivity contribution is 0.641. The van der Waals surface area contributed by atoms with Gasteiger partial charge in [0.05, 0.1) is 0 Å². The maximum atomic E-state index is 2.40. The predicted molar refractivity (Wildman–Crippen MR) is 211 cm³/mol. The summed E-state index contributed by atoms with van der Waals surface area (Å²) in [6.45, 7) is 4.61. The average Bonchev–Trinajstić information content (AvgIpc) is 3.17. The second kappa shape index (κ2) is 11.6. The lowest BCUT2D eigenvalue weighted by Gasteiger charge is -2.26. The summed E-state index contributed by atoms with van der Waals surface area (Å²) < 4.78 is 0. The van der Waals surface area contributed by atoms with Crippen LogP contribution in [0.4, 0.5) is 0 Å². The summed E-state index contributed by atoms with van der Waals surface area (Å²) in [7, 11) is 0. The van der Waals surface area contributed by atoms with Gasteiger partial charge in [0.15, 0.2) is 0 Å². The van der Waals surface area contributed by atoms with E-state index in [4.69, 9.17) is 0 Å². The summed E-state index contributed by atoms with van der Waals surface area (Å²) >= 11 is 0. The van der Waals surface area contributed by atoms with Gasteiger partial charge in [-0.25, -0.2) is 0 Å². The highest BCUT2D eigenvalue weighted by Gasteiger charge is 2.23. The molecule has 0 saturated carbocycles. The van der Waals surface area contributed by atoms with Crippen molar-refractivity contribution in [1.29, 1.82) is 0 Å². The molecule has 0 radical (unpaired) electrons. The van der Waals surface area contributed by atoms with Crippen LogP contribution < -0.4 is 0 Å². The Morgan fingerprint density at radius 3 is 1.45 bits per heavy atom. The molecule has 9 aromatic rings. The van der Waals surface area contributed by atoms with Gasteiger partial charge in [-0.2, -0.15) is 0 Å². The monoisotopic (exact) mass is 624 g/mol. The van der Waals surface area contributed by atoms with Crippen molar-refractivity contribution >= 4 is 43.1 Å².